The first-order valence-electron chi connectivity index (χ1n) is 7.48. The summed E-state index contributed by atoms with van der Waals surface area (Å²) < 4.78 is 27.3. The molecule has 2 rings (SSSR count). The van der Waals surface area contributed by atoms with Crippen LogP contribution in [0.15, 0.2) is 17.2 Å². The lowest BCUT2D eigenvalue weighted by molar-refractivity contribution is 0.265. The molecule has 1 aromatic heterocycles. The predicted molar refractivity (Wildman–Crippen MR) is 83.6 cm³/mol. The lowest BCUT2D eigenvalue weighted by Gasteiger charge is -2.20. The fourth-order valence-corrected chi connectivity index (χ4v) is 3.81. The number of sulfonamides is 1. The molecule has 0 saturated carbocycles. The molecule has 7 heteroatoms. The third kappa shape index (κ3) is 4.29. The first-order valence-corrected chi connectivity index (χ1v) is 8.96. The number of nitrogens with one attached hydrogen (secondary N) is 3. The van der Waals surface area contributed by atoms with Crippen LogP contribution in [0.2, 0.25) is 0 Å². The smallest absolute Gasteiger partial charge is 0.242 e. The van der Waals surface area contributed by atoms with Crippen LogP contribution in [-0.4, -0.2) is 51.0 Å². The van der Waals surface area contributed by atoms with Crippen molar-refractivity contribution >= 4 is 10.0 Å². The van der Waals surface area contributed by atoms with Crippen LogP contribution in [0.1, 0.15) is 26.0 Å². The molecule has 0 aliphatic carbocycles. The summed E-state index contributed by atoms with van der Waals surface area (Å²) in [4.78, 5) is 5.67. The van der Waals surface area contributed by atoms with E-state index in [1.807, 2.05) is 7.05 Å². The average molecular weight is 314 g/mol. The summed E-state index contributed by atoms with van der Waals surface area (Å²) in [6, 6.07) is 2.20. The number of hydrogen-bond donors (Lipinski definition) is 3. The number of rotatable bonds is 7. The van der Waals surface area contributed by atoms with Crippen molar-refractivity contribution in [3.63, 3.8) is 0 Å². The lowest BCUT2D eigenvalue weighted by atomic mass is 10.1. The van der Waals surface area contributed by atoms with E-state index in [0.29, 0.717) is 29.9 Å². The van der Waals surface area contributed by atoms with Crippen molar-refractivity contribution in [2.45, 2.75) is 37.8 Å². The molecule has 21 heavy (non-hydrogen) atoms. The van der Waals surface area contributed by atoms with Gasteiger partial charge in [0.15, 0.2) is 0 Å². The quantitative estimate of drug-likeness (QED) is 0.694. The SMILES string of the molecule is CNCc1cc(S(=O)(=O)NCC2CCN(C(C)C)C2)c[nH]1. The number of aromatic amines is 1. The molecule has 1 aromatic rings. The monoisotopic (exact) mass is 314 g/mol. The summed E-state index contributed by atoms with van der Waals surface area (Å²) in [5, 5.41) is 2.99. The molecule has 1 unspecified atom stereocenters. The average Bonchev–Trinajstić information content (AvgIpc) is 3.06. The highest BCUT2D eigenvalue weighted by Crippen LogP contribution is 2.18. The van der Waals surface area contributed by atoms with Crippen molar-refractivity contribution in [3.8, 4) is 0 Å². The Morgan fingerprint density at radius 1 is 1.48 bits per heavy atom. The molecule has 0 aromatic carbocycles. The molecule has 6 nitrogen and oxygen atoms in total. The molecule has 1 aliphatic heterocycles. The van der Waals surface area contributed by atoms with E-state index >= 15 is 0 Å². The fraction of sp³-hybridized carbons (Fsp3) is 0.714. The number of nitrogens with zero attached hydrogens (tertiary/aromatic N) is 1. The molecule has 1 saturated heterocycles. The van der Waals surface area contributed by atoms with Gasteiger partial charge in [0, 0.05) is 37.6 Å². The molecule has 0 amide bonds. The van der Waals surface area contributed by atoms with E-state index < -0.39 is 10.0 Å². The lowest BCUT2D eigenvalue weighted by Crippen LogP contribution is -2.32. The molecule has 3 N–H and O–H groups in total. The van der Waals surface area contributed by atoms with Crippen LogP contribution < -0.4 is 10.0 Å². The predicted octanol–water partition coefficient (Wildman–Crippen LogP) is 0.743. The van der Waals surface area contributed by atoms with Crippen LogP contribution in [0.25, 0.3) is 0 Å². The van der Waals surface area contributed by atoms with Crippen molar-refractivity contribution in [1.82, 2.24) is 19.9 Å². The van der Waals surface area contributed by atoms with Crippen molar-refractivity contribution in [2.75, 3.05) is 26.7 Å². The summed E-state index contributed by atoms with van der Waals surface area (Å²) in [5.74, 6) is 0.401. The summed E-state index contributed by atoms with van der Waals surface area (Å²) in [6.45, 7) is 7.52. The molecule has 1 atom stereocenters. The van der Waals surface area contributed by atoms with Gasteiger partial charge in [0.1, 0.15) is 0 Å². The van der Waals surface area contributed by atoms with E-state index in [2.05, 4.69) is 33.8 Å². The van der Waals surface area contributed by atoms with Crippen molar-refractivity contribution in [3.05, 3.63) is 18.0 Å². The van der Waals surface area contributed by atoms with E-state index in [-0.39, 0.29) is 0 Å². The Labute approximate surface area is 127 Å². The first-order chi connectivity index (χ1) is 9.92. The van der Waals surface area contributed by atoms with Crippen LogP contribution >= 0.6 is 0 Å². The topological polar surface area (TPSA) is 77.2 Å². The number of aromatic nitrogens is 1. The Morgan fingerprint density at radius 2 is 2.24 bits per heavy atom. The van der Waals surface area contributed by atoms with Crippen LogP contribution in [0.5, 0.6) is 0 Å². The zero-order valence-electron chi connectivity index (χ0n) is 13.0. The zero-order valence-corrected chi connectivity index (χ0v) is 13.8. The van der Waals surface area contributed by atoms with Gasteiger partial charge in [-0.25, -0.2) is 13.1 Å². The normalized spacial score (nSPS) is 20.5. The highest BCUT2D eigenvalue weighted by molar-refractivity contribution is 7.89. The zero-order chi connectivity index (χ0) is 15.5. The van der Waals surface area contributed by atoms with Crippen LogP contribution in [-0.2, 0) is 16.6 Å². The van der Waals surface area contributed by atoms with Crippen LogP contribution in [0.3, 0.4) is 0 Å². The van der Waals surface area contributed by atoms with E-state index in [1.165, 1.54) is 0 Å². The largest absolute Gasteiger partial charge is 0.363 e. The second-order valence-corrected chi connectivity index (χ2v) is 7.75. The minimum Gasteiger partial charge on any atom is -0.363 e. The maximum Gasteiger partial charge on any atom is 0.242 e. The van der Waals surface area contributed by atoms with Gasteiger partial charge < -0.3 is 15.2 Å². The van der Waals surface area contributed by atoms with Gasteiger partial charge in [0.05, 0.1) is 4.90 Å². The van der Waals surface area contributed by atoms with Gasteiger partial charge in [0.2, 0.25) is 10.0 Å². The van der Waals surface area contributed by atoms with E-state index in [9.17, 15) is 8.42 Å². The molecular weight excluding hydrogens is 288 g/mol. The maximum atomic E-state index is 12.3. The number of hydrogen-bond acceptors (Lipinski definition) is 4. The molecule has 0 spiro atoms. The molecular formula is C14H26N4O2S. The third-order valence-electron chi connectivity index (χ3n) is 4.00. The molecule has 1 fully saturated rings. The molecule has 2 heterocycles. The molecule has 1 aliphatic rings. The standard InChI is InChI=1S/C14H26N4O2S/c1-11(2)18-5-4-12(10-18)7-17-21(19,20)14-6-13(8-15-3)16-9-14/h6,9,11-12,15-17H,4-5,7-8,10H2,1-3H3. The molecule has 0 bridgehead atoms. The Balaban J connectivity index is 1.89. The van der Waals surface area contributed by atoms with Gasteiger partial charge in [-0.15, -0.1) is 0 Å². The van der Waals surface area contributed by atoms with Gasteiger partial charge >= 0.3 is 0 Å². The van der Waals surface area contributed by atoms with E-state index in [1.54, 1.807) is 12.3 Å². The third-order valence-corrected chi connectivity index (χ3v) is 5.41. The Morgan fingerprint density at radius 3 is 2.86 bits per heavy atom. The van der Waals surface area contributed by atoms with Gasteiger partial charge in [-0.3, -0.25) is 0 Å². The first kappa shape index (κ1) is 16.5. The van der Waals surface area contributed by atoms with Crippen molar-refractivity contribution in [2.24, 2.45) is 5.92 Å². The maximum absolute atomic E-state index is 12.3. The molecule has 120 valence electrons. The van der Waals surface area contributed by atoms with Gasteiger partial charge in [-0.1, -0.05) is 0 Å². The summed E-state index contributed by atoms with van der Waals surface area (Å²) in [6.07, 6.45) is 2.60. The highest BCUT2D eigenvalue weighted by atomic mass is 32.2. The summed E-state index contributed by atoms with van der Waals surface area (Å²) in [7, 11) is -1.58. The second kappa shape index (κ2) is 6.91. The van der Waals surface area contributed by atoms with Crippen LogP contribution in [0, 0.1) is 5.92 Å². The van der Waals surface area contributed by atoms with Crippen molar-refractivity contribution < 1.29 is 8.42 Å². The minimum absolute atomic E-state index is 0.312. The number of H-pyrrole nitrogens is 1. The second-order valence-electron chi connectivity index (χ2n) is 5.99. The summed E-state index contributed by atoms with van der Waals surface area (Å²) in [5.41, 5.74) is 0.865. The highest BCUT2D eigenvalue weighted by Gasteiger charge is 2.26. The molecule has 0 radical (unpaired) electrons. The fourth-order valence-electron chi connectivity index (χ4n) is 2.68. The van der Waals surface area contributed by atoms with Gasteiger partial charge in [0.25, 0.3) is 0 Å². The number of likely N-dealkylation sites (tertiary alicyclic amines) is 1. The van der Waals surface area contributed by atoms with Gasteiger partial charge in [-0.2, -0.15) is 0 Å². The Kier molecular flexibility index (Phi) is 5.43. The Hall–Kier alpha value is -0.890. The Bertz CT molecular complexity index is 553. The van der Waals surface area contributed by atoms with Gasteiger partial charge in [-0.05, 0) is 45.8 Å². The summed E-state index contributed by atoms with van der Waals surface area (Å²) >= 11 is 0. The minimum atomic E-state index is -3.41. The van der Waals surface area contributed by atoms with Crippen LogP contribution in [0.4, 0.5) is 0 Å². The van der Waals surface area contributed by atoms with Crippen molar-refractivity contribution in [1.29, 1.82) is 0 Å². The van der Waals surface area contributed by atoms with E-state index in [4.69, 9.17) is 0 Å². The van der Waals surface area contributed by atoms with E-state index in [0.717, 1.165) is 25.2 Å².